The second kappa shape index (κ2) is 5.05. The molecule has 1 aliphatic rings. The van der Waals surface area contributed by atoms with E-state index in [1.165, 1.54) is 12.1 Å². The van der Waals surface area contributed by atoms with E-state index < -0.39 is 5.97 Å². The number of rotatable bonds is 4. The number of amides is 1. The predicted molar refractivity (Wildman–Crippen MR) is 74.6 cm³/mol. The zero-order valence-electron chi connectivity index (χ0n) is 11.4. The van der Waals surface area contributed by atoms with Gasteiger partial charge in [0.25, 0.3) is 5.91 Å². The SMILES string of the molecule is Cc1cc(C(=O)O)ccc1NC(=O)c1cc(C2CC2)on1. The number of hydrogen-bond donors (Lipinski definition) is 2. The Kier molecular flexibility index (Phi) is 3.21. The number of carbonyl (C=O) groups is 2. The average molecular weight is 286 g/mol. The Morgan fingerprint density at radius 2 is 2.10 bits per heavy atom. The molecule has 1 heterocycles. The largest absolute Gasteiger partial charge is 0.478 e. The Hall–Kier alpha value is -2.63. The van der Waals surface area contributed by atoms with Gasteiger partial charge in [0.05, 0.1) is 5.56 Å². The van der Waals surface area contributed by atoms with E-state index in [0.717, 1.165) is 18.6 Å². The minimum absolute atomic E-state index is 0.183. The van der Waals surface area contributed by atoms with Gasteiger partial charge in [-0.25, -0.2) is 4.79 Å². The predicted octanol–water partition coefficient (Wildman–Crippen LogP) is 2.81. The molecule has 1 aliphatic carbocycles. The smallest absolute Gasteiger partial charge is 0.335 e. The molecular formula is C15H14N2O4. The Morgan fingerprint density at radius 1 is 1.33 bits per heavy atom. The van der Waals surface area contributed by atoms with Crippen molar-refractivity contribution in [2.24, 2.45) is 0 Å². The maximum absolute atomic E-state index is 12.1. The van der Waals surface area contributed by atoms with Crippen molar-refractivity contribution in [3.05, 3.63) is 46.8 Å². The first-order chi connectivity index (χ1) is 10.0. The van der Waals surface area contributed by atoms with Gasteiger partial charge in [-0.05, 0) is 43.5 Å². The van der Waals surface area contributed by atoms with Crippen LogP contribution < -0.4 is 5.32 Å². The van der Waals surface area contributed by atoms with Crippen LogP contribution in [0, 0.1) is 6.92 Å². The van der Waals surface area contributed by atoms with Gasteiger partial charge in [-0.1, -0.05) is 5.16 Å². The lowest BCUT2D eigenvalue weighted by Gasteiger charge is -2.07. The summed E-state index contributed by atoms with van der Waals surface area (Å²) in [5, 5.41) is 15.4. The minimum Gasteiger partial charge on any atom is -0.478 e. The molecule has 1 aromatic heterocycles. The first-order valence-corrected chi connectivity index (χ1v) is 6.66. The second-order valence-electron chi connectivity index (χ2n) is 5.18. The van der Waals surface area contributed by atoms with Gasteiger partial charge in [0.15, 0.2) is 5.69 Å². The van der Waals surface area contributed by atoms with Gasteiger partial charge in [-0.2, -0.15) is 0 Å². The lowest BCUT2D eigenvalue weighted by Crippen LogP contribution is -2.13. The molecule has 0 aliphatic heterocycles. The first-order valence-electron chi connectivity index (χ1n) is 6.66. The Balaban J connectivity index is 1.75. The summed E-state index contributed by atoms with van der Waals surface area (Å²) >= 11 is 0. The van der Waals surface area contributed by atoms with Crippen LogP contribution in [0.4, 0.5) is 5.69 Å². The minimum atomic E-state index is -0.999. The van der Waals surface area contributed by atoms with E-state index in [2.05, 4.69) is 10.5 Å². The molecule has 6 nitrogen and oxygen atoms in total. The lowest BCUT2D eigenvalue weighted by molar-refractivity contribution is 0.0696. The van der Waals surface area contributed by atoms with E-state index >= 15 is 0 Å². The fourth-order valence-corrected chi connectivity index (χ4v) is 2.08. The zero-order chi connectivity index (χ0) is 15.0. The molecule has 0 saturated heterocycles. The van der Waals surface area contributed by atoms with Crippen LogP contribution in [0.2, 0.25) is 0 Å². The van der Waals surface area contributed by atoms with Crippen LogP contribution in [0.25, 0.3) is 0 Å². The van der Waals surface area contributed by atoms with Crippen molar-refractivity contribution in [2.45, 2.75) is 25.7 Å². The molecule has 1 saturated carbocycles. The topological polar surface area (TPSA) is 92.4 Å². The highest BCUT2D eigenvalue weighted by Gasteiger charge is 2.28. The fourth-order valence-electron chi connectivity index (χ4n) is 2.08. The van der Waals surface area contributed by atoms with E-state index in [1.54, 1.807) is 19.1 Å². The van der Waals surface area contributed by atoms with Gasteiger partial charge in [-0.15, -0.1) is 0 Å². The van der Waals surface area contributed by atoms with Crippen molar-refractivity contribution in [1.29, 1.82) is 0 Å². The van der Waals surface area contributed by atoms with E-state index in [0.29, 0.717) is 17.2 Å². The highest BCUT2D eigenvalue weighted by molar-refractivity contribution is 6.03. The number of nitrogens with one attached hydrogen (secondary N) is 1. The molecule has 1 aromatic carbocycles. The number of nitrogens with zero attached hydrogens (tertiary/aromatic N) is 1. The van der Waals surface area contributed by atoms with E-state index in [1.807, 2.05) is 0 Å². The molecule has 2 aromatic rings. The van der Waals surface area contributed by atoms with Crippen molar-refractivity contribution >= 4 is 17.6 Å². The third kappa shape index (κ3) is 2.79. The number of anilines is 1. The number of carbonyl (C=O) groups excluding carboxylic acids is 1. The molecule has 0 spiro atoms. The second-order valence-corrected chi connectivity index (χ2v) is 5.18. The molecule has 6 heteroatoms. The van der Waals surface area contributed by atoms with Crippen molar-refractivity contribution in [3.8, 4) is 0 Å². The maximum Gasteiger partial charge on any atom is 0.335 e. The molecule has 3 rings (SSSR count). The maximum atomic E-state index is 12.1. The van der Waals surface area contributed by atoms with Crippen molar-refractivity contribution in [3.63, 3.8) is 0 Å². The lowest BCUT2D eigenvalue weighted by atomic mass is 10.1. The summed E-state index contributed by atoms with van der Waals surface area (Å²) in [4.78, 5) is 23.0. The summed E-state index contributed by atoms with van der Waals surface area (Å²) in [6.07, 6.45) is 2.15. The highest BCUT2D eigenvalue weighted by atomic mass is 16.5. The monoisotopic (exact) mass is 286 g/mol. The van der Waals surface area contributed by atoms with Crippen molar-refractivity contribution in [1.82, 2.24) is 5.16 Å². The Morgan fingerprint density at radius 3 is 2.71 bits per heavy atom. The van der Waals surface area contributed by atoms with Crippen LogP contribution in [0.15, 0.2) is 28.8 Å². The third-order valence-corrected chi connectivity index (χ3v) is 3.46. The first kappa shape index (κ1) is 13.4. The van der Waals surface area contributed by atoms with Gasteiger partial charge >= 0.3 is 5.97 Å². The number of hydrogen-bond acceptors (Lipinski definition) is 4. The number of aryl methyl sites for hydroxylation is 1. The molecule has 0 atom stereocenters. The van der Waals surface area contributed by atoms with Gasteiger partial charge in [0.2, 0.25) is 0 Å². The van der Waals surface area contributed by atoms with Gasteiger partial charge < -0.3 is 14.9 Å². The van der Waals surface area contributed by atoms with Crippen LogP contribution in [-0.4, -0.2) is 22.1 Å². The molecule has 0 radical (unpaired) electrons. The third-order valence-electron chi connectivity index (χ3n) is 3.46. The molecule has 0 unspecified atom stereocenters. The van der Waals surface area contributed by atoms with Crippen molar-refractivity contribution in [2.75, 3.05) is 5.32 Å². The van der Waals surface area contributed by atoms with E-state index in [9.17, 15) is 9.59 Å². The number of aromatic carboxylic acids is 1. The summed E-state index contributed by atoms with van der Waals surface area (Å²) < 4.78 is 5.14. The summed E-state index contributed by atoms with van der Waals surface area (Å²) in [6, 6.07) is 6.19. The molecule has 2 N–H and O–H groups in total. The van der Waals surface area contributed by atoms with E-state index in [4.69, 9.17) is 9.63 Å². The quantitative estimate of drug-likeness (QED) is 0.901. The van der Waals surface area contributed by atoms with Crippen LogP contribution in [0.1, 0.15) is 50.9 Å². The fraction of sp³-hybridized carbons (Fsp3) is 0.267. The summed E-state index contributed by atoms with van der Waals surface area (Å²) in [5.74, 6) is -0.216. The number of aromatic nitrogens is 1. The molecule has 0 bridgehead atoms. The van der Waals surface area contributed by atoms with Crippen LogP contribution in [-0.2, 0) is 0 Å². The Labute approximate surface area is 120 Å². The normalized spacial score (nSPS) is 14.0. The molecule has 1 amide bonds. The van der Waals surface area contributed by atoms with Gasteiger partial charge in [-0.3, -0.25) is 4.79 Å². The standard InChI is InChI=1S/C15H14N2O4/c1-8-6-10(15(19)20)4-5-11(8)16-14(18)12-7-13(21-17-12)9-2-3-9/h4-7,9H,2-3H2,1H3,(H,16,18)(H,19,20). The summed E-state index contributed by atoms with van der Waals surface area (Å²) in [6.45, 7) is 1.74. The zero-order valence-corrected chi connectivity index (χ0v) is 11.4. The van der Waals surface area contributed by atoms with E-state index in [-0.39, 0.29) is 17.2 Å². The van der Waals surface area contributed by atoms with Crippen molar-refractivity contribution < 1.29 is 19.2 Å². The van der Waals surface area contributed by atoms with Crippen LogP contribution >= 0.6 is 0 Å². The van der Waals surface area contributed by atoms with Gasteiger partial charge in [0, 0.05) is 17.7 Å². The summed E-state index contributed by atoms with van der Waals surface area (Å²) in [5.41, 5.74) is 1.65. The van der Waals surface area contributed by atoms with Gasteiger partial charge in [0.1, 0.15) is 5.76 Å². The molecule has 108 valence electrons. The number of carboxylic acid groups (broad SMARTS) is 1. The number of carboxylic acids is 1. The highest BCUT2D eigenvalue weighted by Crippen LogP contribution is 2.40. The summed E-state index contributed by atoms with van der Waals surface area (Å²) in [7, 11) is 0. The van der Waals surface area contributed by atoms with Crippen LogP contribution in [0.5, 0.6) is 0 Å². The molecule has 21 heavy (non-hydrogen) atoms. The molecule has 1 fully saturated rings. The Bertz CT molecular complexity index is 716. The molecular weight excluding hydrogens is 272 g/mol. The average Bonchev–Trinajstić information content (AvgIpc) is 3.18. The van der Waals surface area contributed by atoms with Crippen LogP contribution in [0.3, 0.4) is 0 Å². The number of benzene rings is 1.